The van der Waals surface area contributed by atoms with Crippen molar-refractivity contribution in [3.05, 3.63) is 28.8 Å². The first-order chi connectivity index (χ1) is 8.02. The third-order valence-corrected chi connectivity index (χ3v) is 2.72. The van der Waals surface area contributed by atoms with Crippen LogP contribution in [0.15, 0.2) is 18.2 Å². The molecule has 0 spiro atoms. The number of nitrogens with zero attached hydrogens (tertiary/aromatic N) is 1. The number of nitrogen functional groups attached to an aromatic ring is 1. The largest absolute Gasteiger partial charge is 0.399 e. The highest BCUT2D eigenvalue weighted by Crippen LogP contribution is 2.16. The summed E-state index contributed by atoms with van der Waals surface area (Å²) in [6, 6.07) is 4.84. The highest BCUT2D eigenvalue weighted by molar-refractivity contribution is 6.31. The minimum Gasteiger partial charge on any atom is -0.399 e. The van der Waals surface area contributed by atoms with Crippen molar-refractivity contribution in [2.24, 2.45) is 0 Å². The van der Waals surface area contributed by atoms with E-state index in [1.54, 1.807) is 18.2 Å². The number of likely N-dealkylation sites (N-methyl/N-ethyl adjacent to an activating group) is 1. The van der Waals surface area contributed by atoms with Crippen molar-refractivity contribution < 1.29 is 4.79 Å². The maximum absolute atomic E-state index is 11.8. The number of anilines is 1. The number of benzene rings is 1. The van der Waals surface area contributed by atoms with Gasteiger partial charge in [0.25, 0.3) is 5.91 Å². The average molecular weight is 256 g/mol. The van der Waals surface area contributed by atoms with Gasteiger partial charge in [0, 0.05) is 29.4 Å². The van der Waals surface area contributed by atoms with Crippen molar-refractivity contribution in [3.63, 3.8) is 0 Å². The number of nitrogens with two attached hydrogens (primary N) is 1. The lowest BCUT2D eigenvalue weighted by Gasteiger charge is -2.14. The first-order valence-corrected chi connectivity index (χ1v) is 5.93. The van der Waals surface area contributed by atoms with Gasteiger partial charge in [0.15, 0.2) is 0 Å². The van der Waals surface area contributed by atoms with E-state index in [1.807, 2.05) is 7.05 Å². The Morgan fingerprint density at radius 3 is 2.76 bits per heavy atom. The van der Waals surface area contributed by atoms with Gasteiger partial charge < -0.3 is 16.0 Å². The van der Waals surface area contributed by atoms with Gasteiger partial charge in [-0.15, -0.1) is 0 Å². The number of carbonyl (C=O) groups excluding carboxylic acids is 1. The van der Waals surface area contributed by atoms with Crippen LogP contribution < -0.4 is 11.1 Å². The fraction of sp³-hybridized carbons (Fsp3) is 0.417. The SMILES string of the molecule is CCN(C)CCNC(=O)c1cc(N)cc(Cl)c1. The normalized spacial score (nSPS) is 10.6. The van der Waals surface area contributed by atoms with Crippen molar-refractivity contribution in [1.82, 2.24) is 10.2 Å². The molecule has 0 aliphatic carbocycles. The molecule has 0 aliphatic heterocycles. The van der Waals surface area contributed by atoms with Gasteiger partial charge >= 0.3 is 0 Å². The molecule has 0 saturated carbocycles. The quantitative estimate of drug-likeness (QED) is 0.786. The second kappa shape index (κ2) is 6.47. The Hall–Kier alpha value is -1.26. The molecule has 1 aromatic carbocycles. The van der Waals surface area contributed by atoms with Gasteiger partial charge in [0.2, 0.25) is 0 Å². The number of hydrogen-bond acceptors (Lipinski definition) is 3. The maximum Gasteiger partial charge on any atom is 0.251 e. The molecule has 0 fully saturated rings. The van der Waals surface area contributed by atoms with Crippen molar-refractivity contribution in [1.29, 1.82) is 0 Å². The van der Waals surface area contributed by atoms with Gasteiger partial charge in [-0.25, -0.2) is 0 Å². The lowest BCUT2D eigenvalue weighted by molar-refractivity contribution is 0.0950. The summed E-state index contributed by atoms with van der Waals surface area (Å²) < 4.78 is 0. The molecule has 1 rings (SSSR count). The smallest absolute Gasteiger partial charge is 0.251 e. The summed E-state index contributed by atoms with van der Waals surface area (Å²) in [6.45, 7) is 4.45. The first kappa shape index (κ1) is 13.8. The molecule has 3 N–H and O–H groups in total. The number of amides is 1. The van der Waals surface area contributed by atoms with Gasteiger partial charge in [-0.2, -0.15) is 0 Å². The van der Waals surface area contributed by atoms with E-state index >= 15 is 0 Å². The Balaban J connectivity index is 2.52. The van der Waals surface area contributed by atoms with Gasteiger partial charge in [-0.05, 0) is 31.8 Å². The third kappa shape index (κ3) is 4.63. The van der Waals surface area contributed by atoms with E-state index in [4.69, 9.17) is 17.3 Å². The molecular formula is C12H18ClN3O. The zero-order chi connectivity index (χ0) is 12.8. The summed E-state index contributed by atoms with van der Waals surface area (Å²) in [6.07, 6.45) is 0. The molecular weight excluding hydrogens is 238 g/mol. The minimum atomic E-state index is -0.149. The van der Waals surface area contributed by atoms with Crippen LogP contribution in [-0.2, 0) is 0 Å². The minimum absolute atomic E-state index is 0.149. The summed E-state index contributed by atoms with van der Waals surface area (Å²) >= 11 is 5.83. The zero-order valence-electron chi connectivity index (χ0n) is 10.2. The molecule has 1 aromatic rings. The standard InChI is InChI=1S/C12H18ClN3O/c1-3-16(2)5-4-15-12(17)9-6-10(13)8-11(14)7-9/h6-8H,3-5,14H2,1-2H3,(H,15,17). The predicted molar refractivity (Wildman–Crippen MR) is 71.4 cm³/mol. The molecule has 0 radical (unpaired) electrons. The Kier molecular flexibility index (Phi) is 5.25. The Morgan fingerprint density at radius 1 is 1.47 bits per heavy atom. The predicted octanol–water partition coefficient (Wildman–Crippen LogP) is 1.60. The van der Waals surface area contributed by atoms with Gasteiger partial charge in [-0.1, -0.05) is 18.5 Å². The van der Waals surface area contributed by atoms with Crippen LogP contribution in [0.5, 0.6) is 0 Å². The van der Waals surface area contributed by atoms with Crippen LogP contribution in [0.1, 0.15) is 17.3 Å². The molecule has 5 heteroatoms. The van der Waals surface area contributed by atoms with Crippen molar-refractivity contribution in [2.75, 3.05) is 32.4 Å². The molecule has 0 unspecified atom stereocenters. The maximum atomic E-state index is 11.8. The van der Waals surface area contributed by atoms with Crippen molar-refractivity contribution in [2.45, 2.75) is 6.92 Å². The monoisotopic (exact) mass is 255 g/mol. The zero-order valence-corrected chi connectivity index (χ0v) is 10.9. The molecule has 0 atom stereocenters. The molecule has 0 heterocycles. The van der Waals surface area contributed by atoms with Crippen LogP contribution in [0.4, 0.5) is 5.69 Å². The summed E-state index contributed by atoms with van der Waals surface area (Å²) in [5.74, 6) is -0.149. The number of rotatable bonds is 5. The topological polar surface area (TPSA) is 58.4 Å². The Labute approximate surface area is 107 Å². The van der Waals surface area contributed by atoms with E-state index in [1.165, 1.54) is 0 Å². The van der Waals surface area contributed by atoms with Crippen molar-refractivity contribution >= 4 is 23.2 Å². The van der Waals surface area contributed by atoms with E-state index in [9.17, 15) is 4.79 Å². The molecule has 94 valence electrons. The van der Waals surface area contributed by atoms with Gasteiger partial charge in [-0.3, -0.25) is 4.79 Å². The van der Waals surface area contributed by atoms with E-state index < -0.39 is 0 Å². The summed E-state index contributed by atoms with van der Waals surface area (Å²) in [7, 11) is 2.00. The first-order valence-electron chi connectivity index (χ1n) is 5.55. The number of nitrogens with one attached hydrogen (secondary N) is 1. The van der Waals surface area contributed by atoms with Crippen LogP contribution in [0, 0.1) is 0 Å². The van der Waals surface area contributed by atoms with Crippen LogP contribution in [-0.4, -0.2) is 37.5 Å². The number of halogens is 1. The Morgan fingerprint density at radius 2 is 2.18 bits per heavy atom. The van der Waals surface area contributed by atoms with E-state index in [-0.39, 0.29) is 5.91 Å². The second-order valence-corrected chi connectivity index (χ2v) is 4.36. The van der Waals surface area contributed by atoms with Crippen molar-refractivity contribution in [3.8, 4) is 0 Å². The number of hydrogen-bond donors (Lipinski definition) is 2. The van der Waals surface area contributed by atoms with E-state index in [0.29, 0.717) is 22.8 Å². The van der Waals surface area contributed by atoms with Gasteiger partial charge in [0.1, 0.15) is 0 Å². The molecule has 0 aliphatic rings. The molecule has 17 heavy (non-hydrogen) atoms. The van der Waals surface area contributed by atoms with Crippen LogP contribution in [0.25, 0.3) is 0 Å². The Bertz CT molecular complexity index is 375. The summed E-state index contributed by atoms with van der Waals surface area (Å²) in [5, 5.41) is 3.30. The second-order valence-electron chi connectivity index (χ2n) is 3.93. The molecule has 0 saturated heterocycles. The fourth-order valence-electron chi connectivity index (χ4n) is 1.36. The number of carbonyl (C=O) groups is 1. The molecule has 4 nitrogen and oxygen atoms in total. The lowest BCUT2D eigenvalue weighted by Crippen LogP contribution is -2.32. The fourth-order valence-corrected chi connectivity index (χ4v) is 1.61. The molecule has 0 aromatic heterocycles. The van der Waals surface area contributed by atoms with E-state index in [2.05, 4.69) is 17.1 Å². The van der Waals surface area contributed by atoms with Crippen LogP contribution in [0.3, 0.4) is 0 Å². The van der Waals surface area contributed by atoms with Gasteiger partial charge in [0.05, 0.1) is 0 Å². The molecule has 0 bridgehead atoms. The lowest BCUT2D eigenvalue weighted by atomic mass is 10.2. The summed E-state index contributed by atoms with van der Waals surface area (Å²) in [5.41, 5.74) is 6.61. The highest BCUT2D eigenvalue weighted by Gasteiger charge is 2.07. The van der Waals surface area contributed by atoms with Crippen LogP contribution in [0.2, 0.25) is 5.02 Å². The highest BCUT2D eigenvalue weighted by atomic mass is 35.5. The third-order valence-electron chi connectivity index (χ3n) is 2.50. The average Bonchev–Trinajstić information content (AvgIpc) is 2.27. The summed E-state index contributed by atoms with van der Waals surface area (Å²) in [4.78, 5) is 13.9. The van der Waals surface area contributed by atoms with E-state index in [0.717, 1.165) is 13.1 Å². The van der Waals surface area contributed by atoms with Crippen LogP contribution >= 0.6 is 11.6 Å². The molecule has 1 amide bonds.